The van der Waals surface area contributed by atoms with Crippen molar-refractivity contribution in [2.75, 3.05) is 9.80 Å². The molecule has 2 heteroatoms. The van der Waals surface area contributed by atoms with Crippen molar-refractivity contribution in [1.29, 1.82) is 0 Å². The summed E-state index contributed by atoms with van der Waals surface area (Å²) in [5, 5.41) is 2.53. The van der Waals surface area contributed by atoms with E-state index in [9.17, 15) is 0 Å². The van der Waals surface area contributed by atoms with Gasteiger partial charge in [-0.1, -0.05) is 172 Å². The zero-order valence-electron chi connectivity index (χ0n) is 35.7. The molecule has 0 atom stereocenters. The molecule has 0 bridgehead atoms. The summed E-state index contributed by atoms with van der Waals surface area (Å²) in [6.45, 7) is 4.78. The van der Waals surface area contributed by atoms with E-state index < -0.39 is 0 Å². The van der Waals surface area contributed by atoms with Crippen LogP contribution in [0.25, 0.3) is 49.7 Å². The second kappa shape index (κ2) is 16.0. The number of anilines is 6. The molecular formula is C61H48N2. The summed E-state index contributed by atoms with van der Waals surface area (Å²) >= 11 is 0. The topological polar surface area (TPSA) is 6.48 Å². The molecule has 1 aliphatic heterocycles. The van der Waals surface area contributed by atoms with Crippen LogP contribution in [0.3, 0.4) is 0 Å². The maximum Gasteiger partial charge on any atom is 0.0503 e. The molecule has 0 saturated heterocycles. The van der Waals surface area contributed by atoms with E-state index in [0.29, 0.717) is 0 Å². The molecule has 0 fully saturated rings. The Morgan fingerprint density at radius 1 is 0.429 bits per heavy atom. The smallest absolute Gasteiger partial charge is 0.0503 e. The molecule has 2 nitrogen and oxygen atoms in total. The number of fused-ring (bicyclic) bond motifs is 3. The number of hydrogen-bond donors (Lipinski definition) is 0. The minimum Gasteiger partial charge on any atom is -0.311 e. The SMILES string of the molecule is CC1(C)c2cc(-c3ccc(N(c4ccc(C5=CCCC=C5)cc4)c4ccc(-c5ccccc5)cc4)cc3)ccc2N(c2ccccc2)c2ccc(-c3cccc4ccccc34)cc21. The highest BCUT2D eigenvalue weighted by Crippen LogP contribution is 2.53. The lowest BCUT2D eigenvalue weighted by molar-refractivity contribution is 0.632. The van der Waals surface area contributed by atoms with E-state index in [-0.39, 0.29) is 5.41 Å². The van der Waals surface area contributed by atoms with Gasteiger partial charge < -0.3 is 9.80 Å². The van der Waals surface area contributed by atoms with Gasteiger partial charge in [-0.25, -0.2) is 0 Å². The Hall–Kier alpha value is -7.68. The lowest BCUT2D eigenvalue weighted by Gasteiger charge is -2.42. The van der Waals surface area contributed by atoms with Gasteiger partial charge in [0.05, 0.1) is 11.4 Å². The van der Waals surface area contributed by atoms with Gasteiger partial charge in [0.15, 0.2) is 0 Å². The van der Waals surface area contributed by atoms with Crippen molar-refractivity contribution in [2.45, 2.75) is 32.1 Å². The summed E-state index contributed by atoms with van der Waals surface area (Å²) in [7, 11) is 0. The molecule has 0 amide bonds. The van der Waals surface area contributed by atoms with Crippen molar-refractivity contribution in [3.63, 3.8) is 0 Å². The summed E-state index contributed by atoms with van der Waals surface area (Å²) < 4.78 is 0. The van der Waals surface area contributed by atoms with Gasteiger partial charge in [-0.3, -0.25) is 0 Å². The van der Waals surface area contributed by atoms with E-state index in [2.05, 4.69) is 254 Å². The molecule has 9 aromatic carbocycles. The molecule has 0 N–H and O–H groups in total. The average Bonchev–Trinajstić information content (AvgIpc) is 3.35. The van der Waals surface area contributed by atoms with Crippen molar-refractivity contribution >= 4 is 50.5 Å². The Morgan fingerprint density at radius 3 is 1.57 bits per heavy atom. The van der Waals surface area contributed by atoms with E-state index in [4.69, 9.17) is 0 Å². The van der Waals surface area contributed by atoms with E-state index in [1.165, 1.54) is 77.8 Å². The van der Waals surface area contributed by atoms with Gasteiger partial charge >= 0.3 is 0 Å². The number of allylic oxidation sites excluding steroid dienone is 4. The Labute approximate surface area is 371 Å². The number of nitrogens with zero attached hydrogens (tertiary/aromatic N) is 2. The fourth-order valence-corrected chi connectivity index (χ4v) is 9.73. The van der Waals surface area contributed by atoms with Gasteiger partial charge in [0.25, 0.3) is 0 Å². The zero-order chi connectivity index (χ0) is 42.3. The van der Waals surface area contributed by atoms with Crippen LogP contribution in [-0.4, -0.2) is 0 Å². The van der Waals surface area contributed by atoms with Crippen LogP contribution in [0.1, 0.15) is 43.4 Å². The second-order valence-electron chi connectivity index (χ2n) is 17.3. The predicted molar refractivity (Wildman–Crippen MR) is 268 cm³/mol. The van der Waals surface area contributed by atoms with Crippen LogP contribution in [0.5, 0.6) is 0 Å². The van der Waals surface area contributed by atoms with Crippen molar-refractivity contribution < 1.29 is 0 Å². The molecule has 0 radical (unpaired) electrons. The number of benzene rings is 9. The third-order valence-electron chi connectivity index (χ3n) is 13.1. The lowest BCUT2D eigenvalue weighted by Crippen LogP contribution is -2.30. The fraction of sp³-hybridized carbons (Fsp3) is 0.0820. The van der Waals surface area contributed by atoms with Crippen molar-refractivity contribution in [2.24, 2.45) is 0 Å². The van der Waals surface area contributed by atoms with Gasteiger partial charge in [0.2, 0.25) is 0 Å². The number of rotatable bonds is 8. The second-order valence-corrected chi connectivity index (χ2v) is 17.3. The Bertz CT molecular complexity index is 3150. The highest BCUT2D eigenvalue weighted by atomic mass is 15.2. The van der Waals surface area contributed by atoms with E-state index in [1.807, 2.05) is 0 Å². The predicted octanol–water partition coefficient (Wildman–Crippen LogP) is 17.2. The third kappa shape index (κ3) is 7.04. The maximum atomic E-state index is 2.45. The lowest BCUT2D eigenvalue weighted by atomic mass is 9.72. The number of hydrogen-bond acceptors (Lipinski definition) is 2. The van der Waals surface area contributed by atoms with Crippen LogP contribution >= 0.6 is 0 Å². The molecule has 302 valence electrons. The molecule has 1 aliphatic carbocycles. The van der Waals surface area contributed by atoms with Crippen molar-refractivity contribution in [1.82, 2.24) is 0 Å². The molecule has 0 saturated carbocycles. The van der Waals surface area contributed by atoms with Crippen molar-refractivity contribution in [3.8, 4) is 33.4 Å². The van der Waals surface area contributed by atoms with Crippen LogP contribution in [-0.2, 0) is 5.41 Å². The molecule has 63 heavy (non-hydrogen) atoms. The molecule has 0 unspecified atom stereocenters. The Morgan fingerprint density at radius 2 is 0.937 bits per heavy atom. The van der Waals surface area contributed by atoms with E-state index in [1.54, 1.807) is 0 Å². The molecule has 1 heterocycles. The Balaban J connectivity index is 0.979. The van der Waals surface area contributed by atoms with Crippen LogP contribution in [0, 0.1) is 0 Å². The molecule has 0 aromatic heterocycles. The van der Waals surface area contributed by atoms with E-state index in [0.717, 1.165) is 35.6 Å². The highest BCUT2D eigenvalue weighted by Gasteiger charge is 2.37. The first kappa shape index (κ1) is 38.3. The average molecular weight is 809 g/mol. The first-order chi connectivity index (χ1) is 31.0. The monoisotopic (exact) mass is 808 g/mol. The van der Waals surface area contributed by atoms with Crippen LogP contribution in [0.15, 0.2) is 231 Å². The highest BCUT2D eigenvalue weighted by molar-refractivity contribution is 5.98. The molecule has 0 spiro atoms. The first-order valence-electron chi connectivity index (χ1n) is 22.2. The molecule has 11 rings (SSSR count). The zero-order valence-corrected chi connectivity index (χ0v) is 35.7. The molecule has 2 aliphatic rings. The molecule has 9 aromatic rings. The number of para-hydroxylation sites is 1. The van der Waals surface area contributed by atoms with Gasteiger partial charge in [0, 0.05) is 28.2 Å². The van der Waals surface area contributed by atoms with Crippen LogP contribution in [0.2, 0.25) is 0 Å². The summed E-state index contributed by atoms with van der Waals surface area (Å²) in [6.07, 6.45) is 9.07. The Kier molecular flexibility index (Phi) is 9.70. The standard InChI is InChI=1S/C61H48N2/c1-61(2)57-41-49(31-39-59(57)63(51-21-10-5-11-22-51)60-40-32-50(42-58(60)61)56-24-14-20-48-19-12-13-23-55(48)56)47-29-37-54(38-30-47)62(52-33-25-45(26-34-52)43-15-6-3-7-16-43)53-35-27-46(28-36-53)44-17-8-4-9-18-44/h3,5-8,10-42H,4,9H2,1-2H3. The summed E-state index contributed by atoms with van der Waals surface area (Å²) in [5.41, 5.74) is 19.1. The quantitative estimate of drug-likeness (QED) is 0.151. The van der Waals surface area contributed by atoms with E-state index >= 15 is 0 Å². The largest absolute Gasteiger partial charge is 0.311 e. The summed E-state index contributed by atoms with van der Waals surface area (Å²) in [4.78, 5) is 4.81. The normalized spacial score (nSPS) is 13.9. The minimum atomic E-state index is -0.273. The van der Waals surface area contributed by atoms with Gasteiger partial charge in [-0.2, -0.15) is 0 Å². The summed E-state index contributed by atoms with van der Waals surface area (Å²) in [6, 6.07) is 77.9. The van der Waals surface area contributed by atoms with Gasteiger partial charge in [-0.05, 0) is 152 Å². The van der Waals surface area contributed by atoms with Gasteiger partial charge in [-0.15, -0.1) is 0 Å². The van der Waals surface area contributed by atoms with Crippen molar-refractivity contribution in [3.05, 3.63) is 247 Å². The summed E-state index contributed by atoms with van der Waals surface area (Å²) in [5.74, 6) is 0. The molecular weight excluding hydrogens is 761 g/mol. The maximum absolute atomic E-state index is 2.45. The van der Waals surface area contributed by atoms with Gasteiger partial charge in [0.1, 0.15) is 0 Å². The first-order valence-corrected chi connectivity index (χ1v) is 22.2. The van der Waals surface area contributed by atoms with Crippen LogP contribution in [0.4, 0.5) is 34.1 Å². The fourth-order valence-electron chi connectivity index (χ4n) is 9.73. The minimum absolute atomic E-state index is 0.273. The van der Waals surface area contributed by atoms with Crippen LogP contribution < -0.4 is 9.80 Å². The third-order valence-corrected chi connectivity index (χ3v) is 13.1.